The van der Waals surface area contributed by atoms with Crippen molar-refractivity contribution in [1.29, 1.82) is 0 Å². The Morgan fingerprint density at radius 2 is 1.76 bits per heavy atom. The Hall–Kier alpha value is -0.530. The monoisotopic (exact) mass is 253 g/mol. The number of halogens is 1. The summed E-state index contributed by atoms with van der Waals surface area (Å²) in [5.74, 6) is 0.560. The lowest BCUT2D eigenvalue weighted by Gasteiger charge is -2.15. The van der Waals surface area contributed by atoms with Crippen LogP contribution in [-0.4, -0.2) is 6.04 Å². The van der Waals surface area contributed by atoms with Crippen molar-refractivity contribution in [2.75, 3.05) is 0 Å². The summed E-state index contributed by atoms with van der Waals surface area (Å²) in [6.45, 7) is 8.58. The zero-order valence-corrected chi connectivity index (χ0v) is 12.1. The summed E-state index contributed by atoms with van der Waals surface area (Å²) in [6.07, 6.45) is 3.21. The molecule has 2 N–H and O–H groups in total. The lowest BCUT2D eigenvalue weighted by atomic mass is 9.96. The van der Waals surface area contributed by atoms with Crippen LogP contribution in [0.1, 0.15) is 43.4 Å². The number of rotatable bonds is 5. The zero-order chi connectivity index (χ0) is 13.0. The van der Waals surface area contributed by atoms with Gasteiger partial charge in [0, 0.05) is 11.1 Å². The summed E-state index contributed by atoms with van der Waals surface area (Å²) < 4.78 is 0. The molecule has 1 aromatic carbocycles. The molecular formula is C15H24ClN. The lowest BCUT2D eigenvalue weighted by molar-refractivity contribution is 0.452. The van der Waals surface area contributed by atoms with Gasteiger partial charge in [0.15, 0.2) is 0 Å². The van der Waals surface area contributed by atoms with Gasteiger partial charge in [-0.15, -0.1) is 0 Å². The van der Waals surface area contributed by atoms with Crippen LogP contribution in [0, 0.1) is 19.8 Å². The predicted octanol–water partition coefficient (Wildman–Crippen LogP) is 4.26. The van der Waals surface area contributed by atoms with E-state index in [0.717, 1.165) is 24.3 Å². The molecule has 0 bridgehead atoms. The van der Waals surface area contributed by atoms with Crippen LogP contribution in [0.15, 0.2) is 12.1 Å². The Kier molecular flexibility index (Phi) is 5.48. The van der Waals surface area contributed by atoms with Crippen molar-refractivity contribution in [2.24, 2.45) is 11.7 Å². The van der Waals surface area contributed by atoms with Crippen molar-refractivity contribution < 1.29 is 0 Å². The van der Waals surface area contributed by atoms with E-state index in [0.29, 0.717) is 12.0 Å². The molecule has 0 radical (unpaired) electrons. The van der Waals surface area contributed by atoms with Crippen LogP contribution in [0.2, 0.25) is 5.02 Å². The van der Waals surface area contributed by atoms with E-state index in [2.05, 4.69) is 39.8 Å². The Morgan fingerprint density at radius 1 is 1.18 bits per heavy atom. The van der Waals surface area contributed by atoms with Gasteiger partial charge in [0.05, 0.1) is 0 Å². The minimum absolute atomic E-state index is 0.306. The first-order valence-electron chi connectivity index (χ1n) is 6.43. The van der Waals surface area contributed by atoms with E-state index in [1.807, 2.05) is 0 Å². The molecule has 1 rings (SSSR count). The molecule has 0 aliphatic carbocycles. The molecule has 17 heavy (non-hydrogen) atoms. The quantitative estimate of drug-likeness (QED) is 0.834. The maximum absolute atomic E-state index is 6.25. The molecule has 0 heterocycles. The third-order valence-electron chi connectivity index (χ3n) is 3.50. The number of hydrogen-bond donors (Lipinski definition) is 1. The normalized spacial score (nSPS) is 13.1. The molecule has 0 saturated carbocycles. The number of nitrogens with two attached hydrogens (primary N) is 1. The molecule has 2 heteroatoms. The SMILES string of the molecule is Cc1cc(Cl)c(CCCC(N)C(C)C)cc1C. The fourth-order valence-corrected chi connectivity index (χ4v) is 2.21. The van der Waals surface area contributed by atoms with Crippen molar-refractivity contribution >= 4 is 11.6 Å². The Bertz CT molecular complexity index is 371. The van der Waals surface area contributed by atoms with Crippen LogP contribution in [-0.2, 0) is 6.42 Å². The van der Waals surface area contributed by atoms with Crippen LogP contribution in [0.25, 0.3) is 0 Å². The standard InChI is InChI=1S/C15H24ClN/c1-10(2)15(17)7-5-6-13-8-11(3)12(4)9-14(13)16/h8-10,15H,5-7,17H2,1-4H3. The summed E-state index contributed by atoms with van der Waals surface area (Å²) in [4.78, 5) is 0. The highest BCUT2D eigenvalue weighted by molar-refractivity contribution is 6.31. The second-order valence-electron chi connectivity index (χ2n) is 5.33. The summed E-state index contributed by atoms with van der Waals surface area (Å²) in [6, 6.07) is 4.58. The molecular weight excluding hydrogens is 230 g/mol. The molecule has 1 nitrogen and oxygen atoms in total. The fraction of sp³-hybridized carbons (Fsp3) is 0.600. The largest absolute Gasteiger partial charge is 0.327 e. The van der Waals surface area contributed by atoms with Gasteiger partial charge in [-0.25, -0.2) is 0 Å². The van der Waals surface area contributed by atoms with Gasteiger partial charge >= 0.3 is 0 Å². The van der Waals surface area contributed by atoms with Crippen molar-refractivity contribution in [3.8, 4) is 0 Å². The van der Waals surface area contributed by atoms with E-state index in [4.69, 9.17) is 17.3 Å². The summed E-state index contributed by atoms with van der Waals surface area (Å²) >= 11 is 6.25. The first-order chi connectivity index (χ1) is 7.91. The van der Waals surface area contributed by atoms with Crippen molar-refractivity contribution in [1.82, 2.24) is 0 Å². The van der Waals surface area contributed by atoms with Gasteiger partial charge in [-0.05, 0) is 61.8 Å². The van der Waals surface area contributed by atoms with Crippen LogP contribution < -0.4 is 5.73 Å². The number of aryl methyl sites for hydroxylation is 3. The van der Waals surface area contributed by atoms with Crippen molar-refractivity contribution in [2.45, 2.75) is 53.0 Å². The number of benzene rings is 1. The predicted molar refractivity (Wildman–Crippen MR) is 76.7 cm³/mol. The van der Waals surface area contributed by atoms with Gasteiger partial charge in [-0.2, -0.15) is 0 Å². The van der Waals surface area contributed by atoms with Crippen molar-refractivity contribution in [3.05, 3.63) is 33.8 Å². The first kappa shape index (κ1) is 14.5. The van der Waals surface area contributed by atoms with E-state index in [1.165, 1.54) is 16.7 Å². The smallest absolute Gasteiger partial charge is 0.0440 e. The highest BCUT2D eigenvalue weighted by atomic mass is 35.5. The third-order valence-corrected chi connectivity index (χ3v) is 3.85. The van der Waals surface area contributed by atoms with E-state index in [9.17, 15) is 0 Å². The lowest BCUT2D eigenvalue weighted by Crippen LogP contribution is -2.26. The average molecular weight is 254 g/mol. The van der Waals surface area contributed by atoms with Crippen molar-refractivity contribution in [3.63, 3.8) is 0 Å². The van der Waals surface area contributed by atoms with Gasteiger partial charge in [0.25, 0.3) is 0 Å². The molecule has 96 valence electrons. The number of hydrogen-bond acceptors (Lipinski definition) is 1. The first-order valence-corrected chi connectivity index (χ1v) is 6.80. The topological polar surface area (TPSA) is 26.0 Å². The third kappa shape index (κ3) is 4.33. The molecule has 0 aromatic heterocycles. The maximum atomic E-state index is 6.25. The van der Waals surface area contributed by atoms with Gasteiger partial charge in [0.1, 0.15) is 0 Å². The molecule has 0 saturated heterocycles. The molecule has 1 aromatic rings. The molecule has 0 amide bonds. The summed E-state index contributed by atoms with van der Waals surface area (Å²) in [7, 11) is 0. The average Bonchev–Trinajstić information content (AvgIpc) is 2.25. The van der Waals surface area contributed by atoms with Gasteiger partial charge in [-0.3, -0.25) is 0 Å². The Morgan fingerprint density at radius 3 is 2.35 bits per heavy atom. The second-order valence-corrected chi connectivity index (χ2v) is 5.74. The highest BCUT2D eigenvalue weighted by Crippen LogP contribution is 2.23. The highest BCUT2D eigenvalue weighted by Gasteiger charge is 2.08. The van der Waals surface area contributed by atoms with E-state index in [1.54, 1.807) is 0 Å². The molecule has 1 unspecified atom stereocenters. The van der Waals surface area contributed by atoms with Crippen LogP contribution >= 0.6 is 11.6 Å². The molecule has 0 fully saturated rings. The van der Waals surface area contributed by atoms with Crippen LogP contribution in [0.4, 0.5) is 0 Å². The molecule has 0 spiro atoms. The van der Waals surface area contributed by atoms with Gasteiger partial charge in [-0.1, -0.05) is 31.5 Å². The summed E-state index contributed by atoms with van der Waals surface area (Å²) in [5.41, 5.74) is 9.87. The minimum Gasteiger partial charge on any atom is -0.327 e. The Labute approximate surface area is 110 Å². The fourth-order valence-electron chi connectivity index (χ4n) is 1.89. The van der Waals surface area contributed by atoms with Crippen LogP contribution in [0.3, 0.4) is 0 Å². The molecule has 0 aliphatic rings. The van der Waals surface area contributed by atoms with E-state index >= 15 is 0 Å². The minimum atomic E-state index is 0.306. The van der Waals surface area contributed by atoms with E-state index < -0.39 is 0 Å². The molecule has 0 aliphatic heterocycles. The van der Waals surface area contributed by atoms with Gasteiger partial charge < -0.3 is 5.73 Å². The van der Waals surface area contributed by atoms with Gasteiger partial charge in [0.2, 0.25) is 0 Å². The molecule has 1 atom stereocenters. The zero-order valence-electron chi connectivity index (χ0n) is 11.4. The second kappa shape index (κ2) is 6.42. The Balaban J connectivity index is 2.55. The van der Waals surface area contributed by atoms with E-state index in [-0.39, 0.29) is 0 Å². The summed E-state index contributed by atoms with van der Waals surface area (Å²) in [5, 5.41) is 0.895. The maximum Gasteiger partial charge on any atom is 0.0440 e. The van der Waals surface area contributed by atoms with Crippen LogP contribution in [0.5, 0.6) is 0 Å².